The normalized spacial score (nSPS) is 18.9. The summed E-state index contributed by atoms with van der Waals surface area (Å²) < 4.78 is 8.74. The van der Waals surface area contributed by atoms with Crippen molar-refractivity contribution >= 4 is 26.2 Å². The van der Waals surface area contributed by atoms with Crippen molar-refractivity contribution in [3.05, 3.63) is 22.4 Å². The monoisotopic (exact) mass is 397 g/mol. The van der Waals surface area contributed by atoms with Crippen molar-refractivity contribution in [3.63, 3.8) is 0 Å². The summed E-state index contributed by atoms with van der Waals surface area (Å²) in [5.74, 6) is -1.67. The number of carboxylic acid groups (broad SMARTS) is 1. The molecule has 9 nitrogen and oxygen atoms in total. The van der Waals surface area contributed by atoms with Crippen molar-refractivity contribution in [3.8, 4) is 0 Å². The van der Waals surface area contributed by atoms with E-state index in [9.17, 15) is 19.2 Å². The van der Waals surface area contributed by atoms with Crippen LogP contribution >= 0.6 is 0 Å². The van der Waals surface area contributed by atoms with Crippen LogP contribution in [0.1, 0.15) is 45.3 Å². The number of carbonyl (C=O) groups is 3. The van der Waals surface area contributed by atoms with Gasteiger partial charge >= 0.3 is 11.8 Å². The van der Waals surface area contributed by atoms with E-state index in [0.717, 1.165) is 0 Å². The second-order valence-corrected chi connectivity index (χ2v) is 13.1. The molecule has 0 aliphatic carbocycles. The standard InChI is InChI=1S/C17H27N3O6Si/c1-17(2,3)27(5,6)26-10-11-9-19(15(23)18(11)4)12-7-8-13(21)20(14(12)22)16(24)25/h9,12H,7-8,10H2,1-6H3,(H,24,25). The van der Waals surface area contributed by atoms with Crippen molar-refractivity contribution in [1.82, 2.24) is 14.0 Å². The Bertz CT molecular complexity index is 833. The summed E-state index contributed by atoms with van der Waals surface area (Å²) in [5, 5.41) is 9.11. The number of likely N-dealkylation sites (tertiary alicyclic amines) is 1. The van der Waals surface area contributed by atoms with E-state index in [2.05, 4.69) is 33.9 Å². The Kier molecular flexibility index (Phi) is 5.53. The lowest BCUT2D eigenvalue weighted by molar-refractivity contribution is -0.148. The van der Waals surface area contributed by atoms with E-state index in [1.807, 2.05) is 0 Å². The van der Waals surface area contributed by atoms with Crippen LogP contribution in [0.4, 0.5) is 4.79 Å². The van der Waals surface area contributed by atoms with Gasteiger partial charge in [-0.15, -0.1) is 0 Å². The topological polar surface area (TPSA) is 111 Å². The second-order valence-electron chi connectivity index (χ2n) is 8.32. The smallest absolute Gasteiger partial charge is 0.421 e. The minimum Gasteiger partial charge on any atom is -0.464 e. The first-order valence-electron chi connectivity index (χ1n) is 8.78. The van der Waals surface area contributed by atoms with Crippen molar-refractivity contribution in [2.45, 2.75) is 64.4 Å². The molecule has 0 radical (unpaired) electrons. The van der Waals surface area contributed by atoms with Crippen molar-refractivity contribution < 1.29 is 23.9 Å². The molecule has 0 spiro atoms. The number of rotatable bonds is 4. The predicted octanol–water partition coefficient (Wildman–Crippen LogP) is 2.08. The number of imide groups is 3. The van der Waals surface area contributed by atoms with Gasteiger partial charge in [0.25, 0.3) is 5.91 Å². The maximum Gasteiger partial charge on any atom is 0.421 e. The van der Waals surface area contributed by atoms with E-state index in [0.29, 0.717) is 5.69 Å². The third-order valence-electron chi connectivity index (χ3n) is 5.53. The van der Waals surface area contributed by atoms with Gasteiger partial charge in [0.1, 0.15) is 6.04 Å². The molecule has 1 aromatic heterocycles. The van der Waals surface area contributed by atoms with Crippen LogP contribution in [-0.2, 0) is 27.7 Å². The number of piperidine rings is 1. The summed E-state index contributed by atoms with van der Waals surface area (Å²) in [6, 6.07) is -1.01. The summed E-state index contributed by atoms with van der Waals surface area (Å²) in [6.45, 7) is 10.8. The third-order valence-corrected chi connectivity index (χ3v) is 10.0. The number of imidazole rings is 1. The molecular weight excluding hydrogens is 370 g/mol. The van der Waals surface area contributed by atoms with E-state index in [-0.39, 0.29) is 29.4 Å². The first-order valence-corrected chi connectivity index (χ1v) is 11.7. The highest BCUT2D eigenvalue weighted by atomic mass is 28.4. The number of amides is 3. The third kappa shape index (κ3) is 3.91. The van der Waals surface area contributed by atoms with Crippen LogP contribution in [0, 0.1) is 0 Å². The zero-order valence-corrected chi connectivity index (χ0v) is 17.6. The van der Waals surface area contributed by atoms with Crippen LogP contribution < -0.4 is 5.69 Å². The fourth-order valence-electron chi connectivity index (χ4n) is 2.65. The Hall–Kier alpha value is -2.20. The van der Waals surface area contributed by atoms with Crippen molar-refractivity contribution in [2.75, 3.05) is 0 Å². The molecule has 1 N–H and O–H groups in total. The summed E-state index contributed by atoms with van der Waals surface area (Å²) in [7, 11) is -0.449. The molecule has 3 amide bonds. The molecule has 2 heterocycles. The second kappa shape index (κ2) is 7.08. The van der Waals surface area contributed by atoms with Crippen LogP contribution in [0.25, 0.3) is 0 Å². The van der Waals surface area contributed by atoms with Gasteiger partial charge in [-0.05, 0) is 24.6 Å². The lowest BCUT2D eigenvalue weighted by atomic mass is 10.0. The maximum atomic E-state index is 12.6. The van der Waals surface area contributed by atoms with Gasteiger partial charge in [0.15, 0.2) is 8.32 Å². The van der Waals surface area contributed by atoms with Gasteiger partial charge in [-0.25, -0.2) is 9.59 Å². The number of nitrogens with zero attached hydrogens (tertiary/aromatic N) is 3. The van der Waals surface area contributed by atoms with E-state index in [1.165, 1.54) is 15.3 Å². The molecule has 1 unspecified atom stereocenters. The number of hydrogen-bond donors (Lipinski definition) is 1. The van der Waals surface area contributed by atoms with E-state index >= 15 is 0 Å². The highest BCUT2D eigenvalue weighted by molar-refractivity contribution is 6.74. The average Bonchev–Trinajstić information content (AvgIpc) is 2.80. The SMILES string of the molecule is Cn1c(CO[Si](C)(C)C(C)(C)C)cn(C2CCC(=O)N(C(=O)O)C2=O)c1=O. The Balaban J connectivity index is 2.30. The highest BCUT2D eigenvalue weighted by Crippen LogP contribution is 2.37. The number of aromatic nitrogens is 2. The molecule has 27 heavy (non-hydrogen) atoms. The van der Waals surface area contributed by atoms with E-state index in [1.54, 1.807) is 7.05 Å². The van der Waals surface area contributed by atoms with E-state index in [4.69, 9.17) is 9.53 Å². The summed E-state index contributed by atoms with van der Waals surface area (Å²) in [5.41, 5.74) is 0.151. The molecule has 10 heteroatoms. The molecule has 1 fully saturated rings. The first kappa shape index (κ1) is 21.1. The predicted molar refractivity (Wildman–Crippen MR) is 99.8 cm³/mol. The van der Waals surface area contributed by atoms with Crippen molar-refractivity contribution in [2.24, 2.45) is 7.05 Å². The quantitative estimate of drug-likeness (QED) is 0.615. The molecule has 2 rings (SSSR count). The Labute approximate surface area is 158 Å². The molecular formula is C17H27N3O6Si. The zero-order valence-electron chi connectivity index (χ0n) is 16.6. The maximum absolute atomic E-state index is 12.6. The largest absolute Gasteiger partial charge is 0.464 e. The summed E-state index contributed by atoms with van der Waals surface area (Å²) >= 11 is 0. The summed E-state index contributed by atoms with van der Waals surface area (Å²) in [6.07, 6.45) is -0.123. The number of carbonyl (C=O) groups excluding carboxylic acids is 2. The van der Waals surface area contributed by atoms with Gasteiger partial charge in [0, 0.05) is 19.7 Å². The number of hydrogen-bond acceptors (Lipinski definition) is 5. The van der Waals surface area contributed by atoms with Crippen molar-refractivity contribution in [1.29, 1.82) is 0 Å². The van der Waals surface area contributed by atoms with Gasteiger partial charge in [0.05, 0.1) is 12.3 Å². The first-order chi connectivity index (χ1) is 12.3. The molecule has 0 bridgehead atoms. The zero-order chi connectivity index (χ0) is 20.7. The lowest BCUT2D eigenvalue weighted by Gasteiger charge is -2.36. The van der Waals surface area contributed by atoms with Crippen LogP contribution in [-0.4, -0.2) is 45.4 Å². The minimum absolute atomic E-state index is 0.0100. The molecule has 0 saturated carbocycles. The lowest BCUT2D eigenvalue weighted by Crippen LogP contribution is -2.49. The van der Waals surface area contributed by atoms with Crippen LogP contribution in [0.15, 0.2) is 11.0 Å². The van der Waals surface area contributed by atoms with Gasteiger partial charge < -0.3 is 9.53 Å². The van der Waals surface area contributed by atoms with Crippen LogP contribution in [0.5, 0.6) is 0 Å². The van der Waals surface area contributed by atoms with E-state index < -0.39 is 38.0 Å². The molecule has 0 aromatic carbocycles. The Morgan fingerprint density at radius 2 is 1.89 bits per heavy atom. The van der Waals surface area contributed by atoms with Crippen LogP contribution in [0.3, 0.4) is 0 Å². The molecule has 1 aliphatic heterocycles. The Morgan fingerprint density at radius 3 is 2.41 bits per heavy atom. The average molecular weight is 398 g/mol. The summed E-state index contributed by atoms with van der Waals surface area (Å²) in [4.78, 5) is 48.1. The van der Waals surface area contributed by atoms with Crippen LogP contribution in [0.2, 0.25) is 18.1 Å². The van der Waals surface area contributed by atoms with Gasteiger partial charge in [-0.2, -0.15) is 4.90 Å². The van der Waals surface area contributed by atoms with Gasteiger partial charge in [-0.1, -0.05) is 20.8 Å². The molecule has 1 atom stereocenters. The fraction of sp³-hybridized carbons (Fsp3) is 0.647. The fourth-order valence-corrected chi connectivity index (χ4v) is 3.59. The highest BCUT2D eigenvalue weighted by Gasteiger charge is 2.41. The molecule has 1 aliphatic rings. The molecule has 150 valence electrons. The molecule has 1 aromatic rings. The molecule has 1 saturated heterocycles. The van der Waals surface area contributed by atoms with Gasteiger partial charge in [0.2, 0.25) is 5.91 Å². The minimum atomic E-state index is -2.03. The van der Waals surface area contributed by atoms with Gasteiger partial charge in [-0.3, -0.25) is 18.7 Å². The Morgan fingerprint density at radius 1 is 1.30 bits per heavy atom.